The van der Waals surface area contributed by atoms with Crippen molar-refractivity contribution in [1.29, 1.82) is 0 Å². The van der Waals surface area contributed by atoms with Crippen LogP contribution in [0.2, 0.25) is 0 Å². The summed E-state index contributed by atoms with van der Waals surface area (Å²) >= 11 is 0. The predicted octanol–water partition coefficient (Wildman–Crippen LogP) is 5.47. The molecule has 2 rings (SSSR count). The Balaban J connectivity index is 2.68. The van der Waals surface area contributed by atoms with Gasteiger partial charge in [0.05, 0.1) is 13.2 Å². The third kappa shape index (κ3) is 7.13. The van der Waals surface area contributed by atoms with E-state index < -0.39 is 20.2 Å². The van der Waals surface area contributed by atoms with Crippen LogP contribution in [-0.4, -0.2) is 30.0 Å². The number of hydrogen-bond acceptors (Lipinski definition) is 6. The highest BCUT2D eigenvalue weighted by molar-refractivity contribution is 7.87. The van der Waals surface area contributed by atoms with Gasteiger partial charge in [-0.2, -0.15) is 16.8 Å². The smallest absolute Gasteiger partial charge is 0.266 e. The molecule has 0 spiro atoms. The van der Waals surface area contributed by atoms with E-state index >= 15 is 0 Å². The van der Waals surface area contributed by atoms with E-state index in [-0.39, 0.29) is 45.0 Å². The van der Waals surface area contributed by atoms with Gasteiger partial charge < -0.3 is 0 Å². The SMILES string of the molecule is Cc1ccc(-c2ccc(C)cc2S(=O)(=O)OCC(C)(C)C)c(S(=O)(=O)OCC(C)(C)C)c1. The van der Waals surface area contributed by atoms with Gasteiger partial charge in [-0.15, -0.1) is 0 Å². The summed E-state index contributed by atoms with van der Waals surface area (Å²) in [5.74, 6) is 0. The van der Waals surface area contributed by atoms with Gasteiger partial charge in [0.1, 0.15) is 9.79 Å². The molecule has 0 radical (unpaired) electrons. The average molecular weight is 483 g/mol. The number of aryl methyl sites for hydroxylation is 2. The van der Waals surface area contributed by atoms with Crippen molar-refractivity contribution in [3.63, 3.8) is 0 Å². The van der Waals surface area contributed by atoms with Crippen LogP contribution in [0.1, 0.15) is 52.7 Å². The first-order valence-corrected chi connectivity index (χ1v) is 13.2. The minimum atomic E-state index is -4.14. The molecule has 2 aromatic rings. The molecule has 178 valence electrons. The summed E-state index contributed by atoms with van der Waals surface area (Å²) in [7, 11) is -8.28. The summed E-state index contributed by atoms with van der Waals surface area (Å²) in [5.41, 5.74) is 1.20. The van der Waals surface area contributed by atoms with E-state index in [1.807, 2.05) is 41.5 Å². The molecule has 0 aliphatic heterocycles. The van der Waals surface area contributed by atoms with Gasteiger partial charge >= 0.3 is 0 Å². The molecule has 6 nitrogen and oxygen atoms in total. The van der Waals surface area contributed by atoms with Crippen molar-refractivity contribution >= 4 is 20.2 Å². The molecular formula is C24H34O6S2. The maximum Gasteiger partial charge on any atom is 0.297 e. The molecule has 0 aromatic heterocycles. The van der Waals surface area contributed by atoms with Gasteiger partial charge in [0.15, 0.2) is 0 Å². The molecule has 0 atom stereocenters. The first-order chi connectivity index (χ1) is 14.4. The zero-order chi connectivity index (χ0) is 24.5. The number of rotatable bonds is 7. The van der Waals surface area contributed by atoms with Crippen LogP contribution in [0, 0.1) is 24.7 Å². The third-order valence-electron chi connectivity index (χ3n) is 4.40. The molecule has 0 saturated carbocycles. The summed E-state index contributed by atoms with van der Waals surface area (Å²) in [6, 6.07) is 9.69. The summed E-state index contributed by atoms with van der Waals surface area (Å²) in [5, 5.41) is 0. The Morgan fingerprint density at radius 1 is 0.625 bits per heavy atom. The summed E-state index contributed by atoms with van der Waals surface area (Å²) in [6.45, 7) is 14.8. The molecule has 0 bridgehead atoms. The van der Waals surface area contributed by atoms with Crippen molar-refractivity contribution in [2.24, 2.45) is 10.8 Å². The van der Waals surface area contributed by atoms with E-state index in [2.05, 4.69) is 0 Å². The molecule has 0 heterocycles. The fourth-order valence-electron chi connectivity index (χ4n) is 2.75. The fraction of sp³-hybridized carbons (Fsp3) is 0.500. The van der Waals surface area contributed by atoms with Crippen LogP contribution in [0.4, 0.5) is 0 Å². The van der Waals surface area contributed by atoms with E-state index in [4.69, 9.17) is 8.37 Å². The van der Waals surface area contributed by atoms with Gasteiger partial charge in [0, 0.05) is 11.1 Å². The lowest BCUT2D eigenvalue weighted by molar-refractivity contribution is 0.203. The van der Waals surface area contributed by atoms with Crippen LogP contribution in [0.15, 0.2) is 46.2 Å². The molecule has 0 N–H and O–H groups in total. The molecule has 0 unspecified atom stereocenters. The molecule has 0 aliphatic carbocycles. The van der Waals surface area contributed by atoms with Crippen LogP contribution < -0.4 is 0 Å². The summed E-state index contributed by atoms with van der Waals surface area (Å²) in [4.78, 5) is -0.143. The van der Waals surface area contributed by atoms with E-state index in [0.717, 1.165) is 0 Å². The highest BCUT2D eigenvalue weighted by atomic mass is 32.2. The van der Waals surface area contributed by atoms with Crippen LogP contribution in [-0.2, 0) is 28.6 Å². The molecule has 0 saturated heterocycles. The lowest BCUT2D eigenvalue weighted by Crippen LogP contribution is -2.20. The van der Waals surface area contributed by atoms with Gasteiger partial charge in [0.2, 0.25) is 0 Å². The Morgan fingerprint density at radius 3 is 1.22 bits per heavy atom. The second-order valence-corrected chi connectivity index (χ2v) is 13.7. The normalized spacial score (nSPS) is 13.4. The van der Waals surface area contributed by atoms with E-state index in [0.29, 0.717) is 11.1 Å². The third-order valence-corrected chi connectivity index (χ3v) is 7.01. The van der Waals surface area contributed by atoms with Gasteiger partial charge in [-0.25, -0.2) is 0 Å². The maximum atomic E-state index is 13.1. The Labute approximate surface area is 193 Å². The fourth-order valence-corrected chi connectivity index (χ4v) is 5.58. The van der Waals surface area contributed by atoms with Gasteiger partial charge in [-0.05, 0) is 47.9 Å². The molecule has 32 heavy (non-hydrogen) atoms. The zero-order valence-corrected chi connectivity index (χ0v) is 21.8. The lowest BCUT2D eigenvalue weighted by atomic mass is 9.99. The van der Waals surface area contributed by atoms with Crippen molar-refractivity contribution in [2.75, 3.05) is 13.2 Å². The largest absolute Gasteiger partial charge is 0.297 e. The first-order valence-electron chi connectivity index (χ1n) is 10.4. The minimum absolute atomic E-state index is 0.00351. The van der Waals surface area contributed by atoms with E-state index in [9.17, 15) is 16.8 Å². The second-order valence-electron chi connectivity index (χ2n) is 10.6. The van der Waals surface area contributed by atoms with Gasteiger partial charge in [0.25, 0.3) is 20.2 Å². The van der Waals surface area contributed by atoms with Crippen molar-refractivity contribution < 1.29 is 25.2 Å². The molecule has 0 fully saturated rings. The van der Waals surface area contributed by atoms with Crippen LogP contribution in [0.25, 0.3) is 11.1 Å². The second kappa shape index (κ2) is 9.25. The zero-order valence-electron chi connectivity index (χ0n) is 20.1. The first kappa shape index (κ1) is 26.5. The summed E-state index contributed by atoms with van der Waals surface area (Å²) in [6.07, 6.45) is 0. The topological polar surface area (TPSA) is 86.7 Å². The minimum Gasteiger partial charge on any atom is -0.266 e. The van der Waals surface area contributed by atoms with E-state index in [1.54, 1.807) is 38.1 Å². The quantitative estimate of drug-likeness (QED) is 0.486. The number of benzene rings is 2. The van der Waals surface area contributed by atoms with Gasteiger partial charge in [-0.1, -0.05) is 65.8 Å². The maximum absolute atomic E-state index is 13.1. The molecular weight excluding hydrogens is 448 g/mol. The van der Waals surface area contributed by atoms with E-state index in [1.165, 1.54) is 12.1 Å². The molecule has 0 aliphatic rings. The Bertz CT molecular complexity index is 1090. The van der Waals surface area contributed by atoms with Crippen molar-refractivity contribution in [1.82, 2.24) is 0 Å². The lowest BCUT2D eigenvalue weighted by Gasteiger charge is -2.21. The molecule has 0 amide bonds. The molecule has 2 aromatic carbocycles. The van der Waals surface area contributed by atoms with Crippen molar-refractivity contribution in [2.45, 2.75) is 65.2 Å². The Kier molecular flexibility index (Phi) is 7.66. The van der Waals surface area contributed by atoms with Crippen LogP contribution >= 0.6 is 0 Å². The monoisotopic (exact) mass is 482 g/mol. The number of hydrogen-bond donors (Lipinski definition) is 0. The Morgan fingerprint density at radius 2 is 0.938 bits per heavy atom. The van der Waals surface area contributed by atoms with Crippen molar-refractivity contribution in [3.05, 3.63) is 47.5 Å². The van der Waals surface area contributed by atoms with Crippen LogP contribution in [0.5, 0.6) is 0 Å². The summed E-state index contributed by atoms with van der Waals surface area (Å²) < 4.78 is 63.1. The highest BCUT2D eigenvalue weighted by Crippen LogP contribution is 2.36. The highest BCUT2D eigenvalue weighted by Gasteiger charge is 2.28. The molecule has 8 heteroatoms. The van der Waals surface area contributed by atoms with Crippen LogP contribution in [0.3, 0.4) is 0 Å². The Hall–Kier alpha value is -1.74. The average Bonchev–Trinajstić information content (AvgIpc) is 2.64. The predicted molar refractivity (Wildman–Crippen MR) is 127 cm³/mol. The van der Waals surface area contributed by atoms with Gasteiger partial charge in [-0.3, -0.25) is 8.37 Å². The van der Waals surface area contributed by atoms with Crippen molar-refractivity contribution in [3.8, 4) is 11.1 Å². The standard InChI is InChI=1S/C24H34O6S2/c1-17-9-11-19(21(13-17)31(25,26)29-15-23(3,4)5)20-12-10-18(2)14-22(20)32(27,28)30-16-24(6,7)8/h9-14H,15-16H2,1-8H3.